The van der Waals surface area contributed by atoms with E-state index in [1.54, 1.807) is 0 Å². The molecule has 0 rings (SSSR count). The summed E-state index contributed by atoms with van der Waals surface area (Å²) < 4.78 is 19.0. The predicted octanol–water partition coefficient (Wildman–Crippen LogP) is -0.140. The average Bonchev–Trinajstić information content (AvgIpc) is 2.03. The van der Waals surface area contributed by atoms with Crippen molar-refractivity contribution in [1.82, 2.24) is 0 Å². The molecule has 0 atom stereocenters. The van der Waals surface area contributed by atoms with Crippen LogP contribution in [0, 0.1) is 0 Å². The number of hydrogen-bond donors (Lipinski definition) is 0. The van der Waals surface area contributed by atoms with Crippen molar-refractivity contribution in [3.63, 3.8) is 0 Å². The molecule has 5 nitrogen and oxygen atoms in total. The topological polar surface area (TPSA) is 69.7 Å². The van der Waals surface area contributed by atoms with Crippen molar-refractivity contribution in [3.8, 4) is 0 Å². The van der Waals surface area contributed by atoms with E-state index in [9.17, 15) is 12.7 Å². The summed E-state index contributed by atoms with van der Waals surface area (Å²) in [4.78, 5) is 20.8. The van der Waals surface area contributed by atoms with E-state index in [1.165, 1.54) is 0 Å². The fraction of sp³-hybridized carbons (Fsp3) is 0. The van der Waals surface area contributed by atoms with Gasteiger partial charge in [0.25, 0.3) is 0 Å². The molecule has 0 amide bonds. The minimum absolute atomic E-state index is 0.834. The first kappa shape index (κ1) is 11.0. The van der Waals surface area contributed by atoms with Crippen molar-refractivity contribution in [2.75, 3.05) is 0 Å². The van der Waals surface area contributed by atoms with Crippen molar-refractivity contribution in [3.05, 3.63) is 25.3 Å². The van der Waals surface area contributed by atoms with E-state index in [2.05, 4.69) is 19.3 Å². The zero-order valence-corrected chi connectivity index (χ0v) is 8.96. The Hall–Kier alpha value is -0.981. The van der Waals surface area contributed by atoms with Crippen LogP contribution < -0.4 is 0 Å². The first-order valence-corrected chi connectivity index (χ1v) is 6.32. The van der Waals surface area contributed by atoms with Crippen LogP contribution in [0.25, 0.3) is 0 Å². The second kappa shape index (κ2) is 5.64. The number of carbonyl (C=O) groups is 2. The van der Waals surface area contributed by atoms with Crippen molar-refractivity contribution >= 4 is 32.5 Å². The summed E-state index contributed by atoms with van der Waals surface area (Å²) >= 11 is -3.98. The van der Waals surface area contributed by atoms with Gasteiger partial charge in [0.1, 0.15) is 0 Å². The fourth-order valence-corrected chi connectivity index (χ4v) is 1.80. The monoisotopic (exact) mass is 278 g/mol. The van der Waals surface area contributed by atoms with Crippen molar-refractivity contribution in [2.45, 2.75) is 0 Å². The second-order valence-electron chi connectivity index (χ2n) is 1.50. The van der Waals surface area contributed by atoms with Gasteiger partial charge >= 0.3 is 76.6 Å². The Bertz CT molecular complexity index is 220. The van der Waals surface area contributed by atoms with Crippen LogP contribution in [0.3, 0.4) is 0 Å². The minimum atomic E-state index is -3.98. The summed E-state index contributed by atoms with van der Waals surface area (Å²) in [6, 6.07) is 0. The quantitative estimate of drug-likeness (QED) is 0.528. The van der Waals surface area contributed by atoms with Gasteiger partial charge in [-0.15, -0.1) is 0 Å². The summed E-state index contributed by atoms with van der Waals surface area (Å²) in [5.74, 6) is -1.73. The Morgan fingerprint density at radius 2 is 1.42 bits per heavy atom. The molecule has 0 aliphatic carbocycles. The second-order valence-corrected chi connectivity index (χ2v) is 4.09. The third-order valence-electron chi connectivity index (χ3n) is 0.701. The zero-order valence-electron chi connectivity index (χ0n) is 6.11. The number of hydrogen-bond acceptors (Lipinski definition) is 5. The molecule has 0 fully saturated rings. The molecule has 0 radical (unpaired) electrons. The third-order valence-corrected chi connectivity index (χ3v) is 2.80. The van der Waals surface area contributed by atoms with Crippen molar-refractivity contribution in [1.29, 1.82) is 0 Å². The molecule has 0 aromatic heterocycles. The van der Waals surface area contributed by atoms with Crippen molar-refractivity contribution in [2.24, 2.45) is 0 Å². The van der Waals surface area contributed by atoms with E-state index in [0.717, 1.165) is 12.2 Å². The van der Waals surface area contributed by atoms with E-state index in [0.29, 0.717) is 0 Å². The Morgan fingerprint density at radius 1 is 1.08 bits per heavy atom. The summed E-state index contributed by atoms with van der Waals surface area (Å²) in [5.41, 5.74) is 0. The summed E-state index contributed by atoms with van der Waals surface area (Å²) in [6.07, 6.45) is 1.67. The maximum atomic E-state index is 10.7. The van der Waals surface area contributed by atoms with E-state index < -0.39 is 32.5 Å². The van der Waals surface area contributed by atoms with Crippen LogP contribution >= 0.6 is 0 Å². The van der Waals surface area contributed by atoms with Crippen molar-refractivity contribution < 1.29 is 18.8 Å². The molecule has 0 aliphatic heterocycles. The predicted molar refractivity (Wildman–Crippen MR) is 39.0 cm³/mol. The molecule has 0 bridgehead atoms. The van der Waals surface area contributed by atoms with Gasteiger partial charge in [0.05, 0.1) is 0 Å². The van der Waals surface area contributed by atoms with Crippen LogP contribution in [0.2, 0.25) is 0 Å². The van der Waals surface area contributed by atoms with Crippen LogP contribution in [0.1, 0.15) is 0 Å². The Kier molecular flexibility index (Phi) is 5.18. The molecule has 0 aliphatic rings. The molecule has 0 aromatic rings. The maximum absolute atomic E-state index is 10.7. The molecule has 64 valence electrons. The molecule has 0 unspecified atom stereocenters. The SMILES string of the molecule is C=CC(=O)[O][Sn](=[O])[O]C(=O)C=C. The molecule has 0 saturated carbocycles. The first-order valence-electron chi connectivity index (χ1n) is 2.82. The third kappa shape index (κ3) is 4.78. The first-order chi connectivity index (χ1) is 5.60. The zero-order chi connectivity index (χ0) is 9.56. The van der Waals surface area contributed by atoms with E-state index in [1.807, 2.05) is 0 Å². The molecule has 0 saturated heterocycles. The molecule has 0 heterocycles. The van der Waals surface area contributed by atoms with Gasteiger partial charge in [-0.05, 0) is 0 Å². The van der Waals surface area contributed by atoms with Crippen LogP contribution in [-0.2, 0) is 18.8 Å². The van der Waals surface area contributed by atoms with Gasteiger partial charge in [0.2, 0.25) is 0 Å². The van der Waals surface area contributed by atoms with Crippen LogP contribution in [0.4, 0.5) is 0 Å². The van der Waals surface area contributed by atoms with Gasteiger partial charge in [-0.3, -0.25) is 0 Å². The fourth-order valence-electron chi connectivity index (χ4n) is 0.268. The number of carbonyl (C=O) groups excluding carboxylic acids is 2. The molecular weight excluding hydrogens is 271 g/mol. The molecule has 0 aromatic carbocycles. The van der Waals surface area contributed by atoms with E-state index >= 15 is 0 Å². The van der Waals surface area contributed by atoms with E-state index in [4.69, 9.17) is 0 Å². The van der Waals surface area contributed by atoms with Gasteiger partial charge in [-0.25, -0.2) is 0 Å². The van der Waals surface area contributed by atoms with Crippen LogP contribution in [0.15, 0.2) is 25.3 Å². The Labute approximate surface area is 76.9 Å². The Balaban J connectivity index is 3.89. The summed E-state index contributed by atoms with van der Waals surface area (Å²) in [6.45, 7) is 6.14. The average molecular weight is 277 g/mol. The standard InChI is InChI=1S/2C3H4O2.O.Sn/c2*1-2-3(4)5;;/h2*2H,1H2,(H,4,5);;/q;;;+2/p-2. The molecule has 0 N–H and O–H groups in total. The Morgan fingerprint density at radius 3 is 1.67 bits per heavy atom. The van der Waals surface area contributed by atoms with Crippen LogP contribution in [0.5, 0.6) is 0 Å². The van der Waals surface area contributed by atoms with Gasteiger partial charge in [-0.1, -0.05) is 0 Å². The number of rotatable bonds is 4. The molecule has 12 heavy (non-hydrogen) atoms. The summed E-state index contributed by atoms with van der Waals surface area (Å²) in [5, 5.41) is 0. The molecule has 0 spiro atoms. The van der Waals surface area contributed by atoms with Gasteiger partial charge in [0.15, 0.2) is 0 Å². The van der Waals surface area contributed by atoms with Gasteiger partial charge in [-0.2, -0.15) is 0 Å². The van der Waals surface area contributed by atoms with Gasteiger partial charge in [0, 0.05) is 0 Å². The molecule has 6 heteroatoms. The molecular formula is C6H6O5Sn. The summed E-state index contributed by atoms with van der Waals surface area (Å²) in [7, 11) is 0. The van der Waals surface area contributed by atoms with Gasteiger partial charge < -0.3 is 0 Å². The normalized spacial score (nSPS) is 8.00. The van der Waals surface area contributed by atoms with E-state index in [-0.39, 0.29) is 0 Å². The van der Waals surface area contributed by atoms with Crippen LogP contribution in [-0.4, -0.2) is 32.5 Å².